The number of benzene rings is 4. The summed E-state index contributed by atoms with van der Waals surface area (Å²) >= 11 is 0. The largest absolute Gasteiger partial charge is 0.506 e. The third-order valence-electron chi connectivity index (χ3n) is 8.56. The zero-order valence-corrected chi connectivity index (χ0v) is 27.5. The van der Waals surface area contributed by atoms with Crippen LogP contribution in [0.5, 0.6) is 5.75 Å². The van der Waals surface area contributed by atoms with Crippen LogP contribution in [0.3, 0.4) is 0 Å². The second-order valence-corrected chi connectivity index (χ2v) is 12.2. The summed E-state index contributed by atoms with van der Waals surface area (Å²) in [6.45, 7) is 1.61. The van der Waals surface area contributed by atoms with E-state index in [2.05, 4.69) is 20.6 Å². The summed E-state index contributed by atoms with van der Waals surface area (Å²) in [5, 5.41) is 39.5. The first-order valence-corrected chi connectivity index (χ1v) is 16.3. The lowest BCUT2D eigenvalue weighted by atomic mass is 9.86. The van der Waals surface area contributed by atoms with E-state index in [4.69, 9.17) is 4.42 Å². The Bertz CT molecular complexity index is 2060. The molecule has 11 nitrogen and oxygen atoms in total. The molecule has 0 aliphatic heterocycles. The van der Waals surface area contributed by atoms with Crippen LogP contribution in [0.15, 0.2) is 125 Å². The summed E-state index contributed by atoms with van der Waals surface area (Å²) < 4.78 is 6.09. The molecule has 1 amide bonds. The summed E-state index contributed by atoms with van der Waals surface area (Å²) in [6.07, 6.45) is 1.01. The van der Waals surface area contributed by atoms with Gasteiger partial charge < -0.3 is 35.4 Å². The van der Waals surface area contributed by atoms with Gasteiger partial charge in [-0.25, -0.2) is 4.98 Å². The number of H-pyrrole nitrogens is 1. The normalized spacial score (nSPS) is 12.3. The van der Waals surface area contributed by atoms with Gasteiger partial charge >= 0.3 is 0 Å². The number of rotatable bonds is 14. The number of nitrogens with one attached hydrogen (secondary N) is 3. The smallest absolute Gasteiger partial charge is 0.248 e. The van der Waals surface area contributed by atoms with Crippen LogP contribution in [0.4, 0.5) is 5.69 Å². The molecule has 50 heavy (non-hydrogen) atoms. The van der Waals surface area contributed by atoms with E-state index in [0.717, 1.165) is 5.56 Å². The van der Waals surface area contributed by atoms with Crippen molar-refractivity contribution in [1.29, 1.82) is 0 Å². The number of nitrogens with zero attached hydrogens (tertiary/aromatic N) is 2. The molecule has 0 saturated heterocycles. The van der Waals surface area contributed by atoms with Gasteiger partial charge in [-0.3, -0.25) is 14.5 Å². The number of phenols is 1. The average molecular weight is 674 g/mol. The topological polar surface area (TPSA) is 164 Å². The van der Waals surface area contributed by atoms with Crippen molar-refractivity contribution in [3.8, 4) is 5.75 Å². The van der Waals surface area contributed by atoms with Crippen molar-refractivity contribution in [3.05, 3.63) is 160 Å². The minimum atomic E-state index is -1.56. The fourth-order valence-corrected chi connectivity index (χ4v) is 5.90. The van der Waals surface area contributed by atoms with Crippen LogP contribution >= 0.6 is 0 Å². The van der Waals surface area contributed by atoms with Gasteiger partial charge in [0.2, 0.25) is 17.4 Å². The van der Waals surface area contributed by atoms with Gasteiger partial charge in [-0.2, -0.15) is 0 Å². The Morgan fingerprint density at radius 2 is 1.62 bits per heavy atom. The third-order valence-corrected chi connectivity index (χ3v) is 8.56. The number of carbonyl (C=O) groups excluding carboxylic acids is 1. The number of aliphatic hydroxyl groups excluding tert-OH is 1. The number of phenolic OH excluding ortho intramolecular Hbond substituents is 1. The van der Waals surface area contributed by atoms with Crippen LogP contribution in [0.2, 0.25) is 0 Å². The molecule has 0 bridgehead atoms. The number of amides is 1. The van der Waals surface area contributed by atoms with E-state index >= 15 is 0 Å². The number of aromatic amines is 1. The number of pyridine rings is 1. The van der Waals surface area contributed by atoms with Gasteiger partial charge in [0.15, 0.2) is 5.60 Å². The molecule has 2 heterocycles. The van der Waals surface area contributed by atoms with Crippen LogP contribution in [0.1, 0.15) is 46.4 Å². The molecule has 256 valence electrons. The monoisotopic (exact) mass is 673 g/mol. The molecule has 2 aromatic heterocycles. The Labute approximate surface area is 288 Å². The molecule has 0 radical (unpaired) electrons. The van der Waals surface area contributed by atoms with Crippen LogP contribution in [0.25, 0.3) is 10.9 Å². The lowest BCUT2D eigenvalue weighted by Gasteiger charge is -2.26. The molecule has 6 N–H and O–H groups in total. The highest BCUT2D eigenvalue weighted by Gasteiger charge is 2.38. The molecule has 1 atom stereocenters. The van der Waals surface area contributed by atoms with Crippen molar-refractivity contribution in [2.24, 2.45) is 0 Å². The lowest BCUT2D eigenvalue weighted by molar-refractivity contribution is -0.116. The summed E-state index contributed by atoms with van der Waals surface area (Å²) in [4.78, 5) is 33.4. The minimum Gasteiger partial charge on any atom is -0.506 e. The van der Waals surface area contributed by atoms with Gasteiger partial charge in [-0.15, -0.1) is 0 Å². The number of anilines is 1. The van der Waals surface area contributed by atoms with Gasteiger partial charge in [-0.1, -0.05) is 78.9 Å². The molecular weight excluding hydrogens is 634 g/mol. The van der Waals surface area contributed by atoms with Crippen LogP contribution in [0, 0.1) is 0 Å². The van der Waals surface area contributed by atoms with Gasteiger partial charge in [0.05, 0.1) is 24.4 Å². The first-order chi connectivity index (χ1) is 24.2. The number of aromatic nitrogens is 2. The van der Waals surface area contributed by atoms with E-state index in [9.17, 15) is 24.9 Å². The number of oxazole rings is 1. The summed E-state index contributed by atoms with van der Waals surface area (Å²) in [6, 6.07) is 32.1. The third kappa shape index (κ3) is 7.82. The van der Waals surface area contributed by atoms with E-state index < -0.39 is 11.7 Å². The second-order valence-electron chi connectivity index (χ2n) is 12.2. The minimum absolute atomic E-state index is 0.0562. The number of hydrogen-bond acceptors (Lipinski definition) is 9. The number of aliphatic hydroxyl groups is 2. The summed E-state index contributed by atoms with van der Waals surface area (Å²) in [5.41, 5.74) is 1.92. The van der Waals surface area contributed by atoms with E-state index in [1.807, 2.05) is 96.9 Å². The zero-order chi connectivity index (χ0) is 35.1. The number of fused-ring (bicyclic) bond motifs is 1. The van der Waals surface area contributed by atoms with E-state index in [0.29, 0.717) is 58.7 Å². The van der Waals surface area contributed by atoms with Crippen molar-refractivity contribution < 1.29 is 24.5 Å². The standard InChI is InChI=1S/C39H39N5O6/c1-44(25-30-23-41-38(50-30)39(49,27-8-4-2-5-9-27)28-10-6-3-7-11-28)21-20-36(48)42-29-14-12-26(13-15-29)22-40-24-34(46)31-16-18-33(45)37-32(31)17-19-35(47)43-37/h2-19,23,34,40,45-46,49H,20-22,24-25H2,1H3,(H,42,48)(H,43,47)/t34-/m0/s1. The molecule has 4 aromatic carbocycles. The fourth-order valence-electron chi connectivity index (χ4n) is 5.90. The molecule has 0 spiro atoms. The van der Waals surface area contributed by atoms with Crippen molar-refractivity contribution in [2.45, 2.75) is 31.2 Å². The molecule has 0 saturated carbocycles. The maximum Gasteiger partial charge on any atom is 0.248 e. The number of hydrogen-bond donors (Lipinski definition) is 6. The Kier molecular flexibility index (Phi) is 10.5. The van der Waals surface area contributed by atoms with Gasteiger partial charge in [0.25, 0.3) is 0 Å². The van der Waals surface area contributed by atoms with Crippen molar-refractivity contribution in [3.63, 3.8) is 0 Å². The Balaban J connectivity index is 0.972. The highest BCUT2D eigenvalue weighted by Crippen LogP contribution is 2.36. The SMILES string of the molecule is CN(CCC(=O)Nc1ccc(CNC[C@H](O)c2ccc(O)c3[nH]c(=O)ccc23)cc1)Cc1cnc(C(O)(c2ccccc2)c2ccccc2)o1. The molecule has 11 heteroatoms. The second kappa shape index (κ2) is 15.3. The average Bonchev–Trinajstić information content (AvgIpc) is 3.61. The molecule has 0 fully saturated rings. The number of carbonyl (C=O) groups is 1. The Hall–Kier alpha value is -5.59. The summed E-state index contributed by atoms with van der Waals surface area (Å²) in [5.74, 6) is 0.557. The molecule has 0 aliphatic rings. The maximum absolute atomic E-state index is 12.7. The molecule has 0 unspecified atom stereocenters. The van der Waals surface area contributed by atoms with Gasteiger partial charge in [-0.05, 0) is 53.6 Å². The Morgan fingerprint density at radius 1 is 0.940 bits per heavy atom. The summed E-state index contributed by atoms with van der Waals surface area (Å²) in [7, 11) is 1.89. The highest BCUT2D eigenvalue weighted by atomic mass is 16.4. The highest BCUT2D eigenvalue weighted by molar-refractivity contribution is 5.90. The number of aromatic hydroxyl groups is 1. The van der Waals surface area contributed by atoms with Crippen molar-refractivity contribution in [2.75, 3.05) is 25.5 Å². The predicted octanol–water partition coefficient (Wildman–Crippen LogP) is 4.79. The molecule has 6 rings (SSSR count). The van der Waals surface area contributed by atoms with Crippen LogP contribution in [-0.4, -0.2) is 56.2 Å². The van der Waals surface area contributed by atoms with Crippen LogP contribution in [-0.2, 0) is 23.5 Å². The zero-order valence-electron chi connectivity index (χ0n) is 27.5. The first-order valence-electron chi connectivity index (χ1n) is 16.3. The van der Waals surface area contributed by atoms with E-state index in [1.165, 1.54) is 12.1 Å². The Morgan fingerprint density at radius 3 is 2.30 bits per heavy atom. The van der Waals surface area contributed by atoms with E-state index in [1.54, 1.807) is 18.3 Å². The van der Waals surface area contributed by atoms with Crippen molar-refractivity contribution in [1.82, 2.24) is 20.2 Å². The maximum atomic E-state index is 12.7. The quantitative estimate of drug-likeness (QED) is 0.0954. The lowest BCUT2D eigenvalue weighted by Crippen LogP contribution is -2.29. The molecule has 0 aliphatic carbocycles. The van der Waals surface area contributed by atoms with Crippen LogP contribution < -0.4 is 16.2 Å². The molecular formula is C39H39N5O6. The molecule has 6 aromatic rings. The van der Waals surface area contributed by atoms with E-state index in [-0.39, 0.29) is 36.1 Å². The van der Waals surface area contributed by atoms with Crippen molar-refractivity contribution >= 4 is 22.5 Å². The first kappa shape index (κ1) is 34.3. The van der Waals surface area contributed by atoms with Gasteiger partial charge in [0, 0.05) is 43.2 Å². The fraction of sp³-hybridized carbons (Fsp3) is 0.205. The predicted molar refractivity (Wildman–Crippen MR) is 190 cm³/mol. The van der Waals surface area contributed by atoms with Gasteiger partial charge in [0.1, 0.15) is 11.5 Å².